The topological polar surface area (TPSA) is 93.4 Å². The maximum absolute atomic E-state index is 11.6. The molecule has 15 heavy (non-hydrogen) atoms. The minimum Gasteiger partial charge on any atom is -0.379 e. The van der Waals surface area contributed by atoms with Crippen molar-refractivity contribution in [2.75, 3.05) is 26.8 Å². The minimum atomic E-state index is -0.414. The zero-order valence-corrected chi connectivity index (χ0v) is 8.79. The van der Waals surface area contributed by atoms with Gasteiger partial charge in [-0.3, -0.25) is 9.59 Å². The van der Waals surface area contributed by atoms with Crippen LogP contribution in [0.3, 0.4) is 0 Å². The van der Waals surface area contributed by atoms with Gasteiger partial charge >= 0.3 is 0 Å². The second-order valence-corrected chi connectivity index (χ2v) is 3.55. The van der Waals surface area contributed by atoms with Crippen LogP contribution >= 0.6 is 0 Å². The molecule has 0 aliphatic carbocycles. The van der Waals surface area contributed by atoms with Crippen LogP contribution in [0.4, 0.5) is 0 Å². The smallest absolute Gasteiger partial charge is 0.227 e. The summed E-state index contributed by atoms with van der Waals surface area (Å²) in [6.45, 7) is 1.26. The van der Waals surface area contributed by atoms with E-state index in [1.807, 2.05) is 0 Å². The monoisotopic (exact) mass is 215 g/mol. The van der Waals surface area contributed by atoms with Gasteiger partial charge in [0.1, 0.15) is 0 Å². The molecule has 86 valence electrons. The lowest BCUT2D eigenvalue weighted by molar-refractivity contribution is -0.125. The van der Waals surface area contributed by atoms with Gasteiger partial charge in [-0.25, -0.2) is 0 Å². The summed E-state index contributed by atoms with van der Waals surface area (Å²) >= 11 is 0. The first-order valence-corrected chi connectivity index (χ1v) is 4.96. The van der Waals surface area contributed by atoms with E-state index in [9.17, 15) is 9.59 Å². The van der Waals surface area contributed by atoms with Gasteiger partial charge in [0.25, 0.3) is 0 Å². The summed E-state index contributed by atoms with van der Waals surface area (Å²) in [5.74, 6) is -0.681. The summed E-state index contributed by atoms with van der Waals surface area (Å²) < 4.78 is 5.19. The Kier molecular flexibility index (Phi) is 4.51. The van der Waals surface area contributed by atoms with Gasteiger partial charge in [-0.2, -0.15) is 0 Å². The number of hydrogen-bond donors (Lipinski definition) is 3. The highest BCUT2D eigenvalue weighted by molar-refractivity contribution is 5.81. The molecular weight excluding hydrogens is 198 g/mol. The van der Waals surface area contributed by atoms with E-state index >= 15 is 0 Å². The third-order valence-electron chi connectivity index (χ3n) is 2.46. The molecule has 1 fully saturated rings. The molecule has 1 aliphatic heterocycles. The van der Waals surface area contributed by atoms with E-state index in [-0.39, 0.29) is 24.3 Å². The van der Waals surface area contributed by atoms with Gasteiger partial charge in [-0.1, -0.05) is 0 Å². The van der Waals surface area contributed by atoms with Crippen molar-refractivity contribution in [2.45, 2.75) is 12.5 Å². The van der Waals surface area contributed by atoms with Crippen LogP contribution in [0, 0.1) is 5.92 Å². The van der Waals surface area contributed by atoms with Crippen LogP contribution in [0.25, 0.3) is 0 Å². The van der Waals surface area contributed by atoms with Crippen molar-refractivity contribution >= 4 is 11.8 Å². The van der Waals surface area contributed by atoms with Crippen LogP contribution < -0.4 is 16.4 Å². The van der Waals surface area contributed by atoms with Crippen molar-refractivity contribution in [1.82, 2.24) is 10.6 Å². The SMILES string of the molecule is CNC1COCC1C(=O)NCCC(N)=O. The Bertz CT molecular complexity index is 245. The summed E-state index contributed by atoms with van der Waals surface area (Å²) in [7, 11) is 1.79. The van der Waals surface area contributed by atoms with Crippen LogP contribution in [-0.2, 0) is 14.3 Å². The maximum atomic E-state index is 11.6. The van der Waals surface area contributed by atoms with Crippen molar-refractivity contribution in [3.63, 3.8) is 0 Å². The van der Waals surface area contributed by atoms with Crippen molar-refractivity contribution in [1.29, 1.82) is 0 Å². The van der Waals surface area contributed by atoms with Crippen LogP contribution in [0.1, 0.15) is 6.42 Å². The van der Waals surface area contributed by atoms with Crippen LogP contribution in [0.5, 0.6) is 0 Å². The number of primary amides is 1. The molecule has 1 rings (SSSR count). The molecule has 0 aromatic carbocycles. The molecule has 6 heteroatoms. The van der Waals surface area contributed by atoms with Gasteiger partial charge in [0.15, 0.2) is 0 Å². The van der Waals surface area contributed by atoms with Gasteiger partial charge in [-0.15, -0.1) is 0 Å². The van der Waals surface area contributed by atoms with E-state index in [2.05, 4.69) is 10.6 Å². The van der Waals surface area contributed by atoms with Crippen LogP contribution in [-0.4, -0.2) is 44.7 Å². The summed E-state index contributed by atoms with van der Waals surface area (Å²) in [5.41, 5.74) is 4.96. The highest BCUT2D eigenvalue weighted by Gasteiger charge is 2.32. The minimum absolute atomic E-state index is 0.0542. The number of carbonyl (C=O) groups excluding carboxylic acids is 2. The Hall–Kier alpha value is -1.14. The fraction of sp³-hybridized carbons (Fsp3) is 0.778. The molecule has 1 heterocycles. The number of likely N-dealkylation sites (N-methyl/N-ethyl adjacent to an activating group) is 1. The average molecular weight is 215 g/mol. The summed E-state index contributed by atoms with van der Waals surface area (Å²) in [6.07, 6.45) is 0.170. The number of ether oxygens (including phenoxy) is 1. The van der Waals surface area contributed by atoms with E-state index in [1.165, 1.54) is 0 Å². The first-order valence-electron chi connectivity index (χ1n) is 4.96. The number of nitrogens with one attached hydrogen (secondary N) is 2. The molecule has 0 aromatic heterocycles. The van der Waals surface area contributed by atoms with Crippen LogP contribution in [0.15, 0.2) is 0 Å². The zero-order chi connectivity index (χ0) is 11.3. The molecule has 0 radical (unpaired) electrons. The molecule has 0 saturated carbocycles. The molecule has 2 amide bonds. The van der Waals surface area contributed by atoms with Gasteiger partial charge in [0.2, 0.25) is 11.8 Å². The lowest BCUT2D eigenvalue weighted by Gasteiger charge is -2.15. The first-order chi connectivity index (χ1) is 7.15. The summed E-state index contributed by atoms with van der Waals surface area (Å²) in [6, 6.07) is 0.0542. The highest BCUT2D eigenvalue weighted by atomic mass is 16.5. The maximum Gasteiger partial charge on any atom is 0.227 e. The Morgan fingerprint density at radius 3 is 2.80 bits per heavy atom. The van der Waals surface area contributed by atoms with E-state index < -0.39 is 5.91 Å². The lowest BCUT2D eigenvalue weighted by atomic mass is 10.0. The third kappa shape index (κ3) is 3.49. The number of rotatable bonds is 5. The second kappa shape index (κ2) is 5.67. The molecule has 2 unspecified atom stereocenters. The Morgan fingerprint density at radius 2 is 2.20 bits per heavy atom. The van der Waals surface area contributed by atoms with Crippen molar-refractivity contribution in [3.05, 3.63) is 0 Å². The number of amides is 2. The van der Waals surface area contributed by atoms with Gasteiger partial charge in [0, 0.05) is 19.0 Å². The fourth-order valence-corrected chi connectivity index (χ4v) is 1.54. The average Bonchev–Trinajstić information content (AvgIpc) is 2.64. The van der Waals surface area contributed by atoms with Gasteiger partial charge in [-0.05, 0) is 7.05 Å². The molecule has 6 nitrogen and oxygen atoms in total. The number of nitrogens with two attached hydrogens (primary N) is 1. The van der Waals surface area contributed by atoms with E-state index in [0.717, 1.165) is 0 Å². The molecule has 0 spiro atoms. The molecular formula is C9H17N3O3. The highest BCUT2D eigenvalue weighted by Crippen LogP contribution is 2.13. The van der Waals surface area contributed by atoms with Gasteiger partial charge in [0.05, 0.1) is 19.1 Å². The van der Waals surface area contributed by atoms with Gasteiger partial charge < -0.3 is 21.1 Å². The van der Waals surface area contributed by atoms with E-state index in [0.29, 0.717) is 19.8 Å². The predicted octanol–water partition coefficient (Wildman–Crippen LogP) is -1.79. The van der Waals surface area contributed by atoms with Crippen molar-refractivity contribution < 1.29 is 14.3 Å². The Labute approximate surface area is 88.5 Å². The largest absolute Gasteiger partial charge is 0.379 e. The summed E-state index contributed by atoms with van der Waals surface area (Å²) in [4.78, 5) is 22.1. The van der Waals surface area contributed by atoms with Crippen molar-refractivity contribution in [2.24, 2.45) is 11.7 Å². The van der Waals surface area contributed by atoms with E-state index in [4.69, 9.17) is 10.5 Å². The molecule has 1 saturated heterocycles. The third-order valence-corrected chi connectivity index (χ3v) is 2.46. The predicted molar refractivity (Wildman–Crippen MR) is 54.0 cm³/mol. The standard InChI is InChI=1S/C9H17N3O3/c1-11-7-5-15-4-6(7)9(14)12-3-2-8(10)13/h6-7,11H,2-5H2,1H3,(H2,10,13)(H,12,14). The molecule has 0 bridgehead atoms. The quantitative estimate of drug-likeness (QED) is 0.505. The summed E-state index contributed by atoms with van der Waals surface area (Å²) in [5, 5.41) is 5.68. The fourth-order valence-electron chi connectivity index (χ4n) is 1.54. The zero-order valence-electron chi connectivity index (χ0n) is 8.79. The molecule has 2 atom stereocenters. The number of hydrogen-bond acceptors (Lipinski definition) is 4. The second-order valence-electron chi connectivity index (χ2n) is 3.55. The molecule has 1 aliphatic rings. The first kappa shape index (κ1) is 11.9. The Morgan fingerprint density at radius 1 is 1.47 bits per heavy atom. The Balaban J connectivity index is 2.29. The van der Waals surface area contributed by atoms with E-state index in [1.54, 1.807) is 7.05 Å². The number of carbonyl (C=O) groups is 2. The van der Waals surface area contributed by atoms with Crippen molar-refractivity contribution in [3.8, 4) is 0 Å². The normalized spacial score (nSPS) is 25.1. The lowest BCUT2D eigenvalue weighted by Crippen LogP contribution is -2.43. The molecule has 0 aromatic rings. The van der Waals surface area contributed by atoms with Crippen LogP contribution in [0.2, 0.25) is 0 Å². The molecule has 4 N–H and O–H groups in total.